The zero-order chi connectivity index (χ0) is 22.6. The number of hydrogen-bond acceptors (Lipinski definition) is 5. The summed E-state index contributed by atoms with van der Waals surface area (Å²) in [5.41, 5.74) is 8.69. The first kappa shape index (κ1) is 23.3. The lowest BCUT2D eigenvalue weighted by Gasteiger charge is -2.14. The predicted octanol–water partition coefficient (Wildman–Crippen LogP) is 3.86. The monoisotopic (exact) mass is 414 g/mol. The van der Waals surface area contributed by atoms with Crippen LogP contribution in [0.15, 0.2) is 59.9 Å². The van der Waals surface area contributed by atoms with E-state index in [1.54, 1.807) is 12.4 Å². The molecule has 1 amide bonds. The number of aromatic nitrogens is 1. The van der Waals surface area contributed by atoms with Gasteiger partial charge in [-0.1, -0.05) is 24.3 Å². The van der Waals surface area contributed by atoms with Crippen LogP contribution in [-0.2, 0) is 4.79 Å². The maximum absolute atomic E-state index is 11.0. The van der Waals surface area contributed by atoms with Crippen LogP contribution in [-0.4, -0.2) is 22.8 Å². The molecule has 1 heterocycles. The summed E-state index contributed by atoms with van der Waals surface area (Å²) in [5.74, 6) is -0.971. The van der Waals surface area contributed by atoms with E-state index in [2.05, 4.69) is 21.4 Å². The molecule has 0 aliphatic heterocycles. The second-order valence-corrected chi connectivity index (χ2v) is 7.26. The number of nitrogens with two attached hydrogens (primary N) is 1. The molecule has 1 aromatic heterocycles. The van der Waals surface area contributed by atoms with Crippen LogP contribution in [0.25, 0.3) is 5.57 Å². The fourth-order valence-electron chi connectivity index (χ4n) is 2.96. The van der Waals surface area contributed by atoms with Gasteiger partial charge < -0.3 is 11.1 Å². The minimum Gasteiger partial charge on any atom is -0.370 e. The molecule has 0 bridgehead atoms. The standard InChI is InChI=1S/C24H26N6O/c1-17(2)29-24(20(14-25)15-26)30-21-9-5-7-18(13-21)22(10-3-4-11-23(27)31)19-8-6-12-28-16-19/h5-10,12-13,16-17,20H,3-4,11H2,1-2H3,(H2,27,31)(H,29,30)/b22-10+. The fraction of sp³-hybridized carbons (Fsp3) is 0.292. The number of benzene rings is 1. The van der Waals surface area contributed by atoms with Crippen molar-refractivity contribution in [3.8, 4) is 12.1 Å². The average Bonchev–Trinajstić information content (AvgIpc) is 2.75. The van der Waals surface area contributed by atoms with Gasteiger partial charge in [-0.15, -0.1) is 0 Å². The molecule has 0 atom stereocenters. The third-order valence-electron chi connectivity index (χ3n) is 4.32. The Balaban J connectivity index is 2.44. The molecule has 0 saturated heterocycles. The highest BCUT2D eigenvalue weighted by molar-refractivity contribution is 5.91. The van der Waals surface area contributed by atoms with Crippen LogP contribution in [0.5, 0.6) is 0 Å². The molecular formula is C24H26N6O. The van der Waals surface area contributed by atoms with Gasteiger partial charge in [0.2, 0.25) is 5.91 Å². The second-order valence-electron chi connectivity index (χ2n) is 7.26. The Labute approximate surface area is 182 Å². The number of amidine groups is 1. The third kappa shape index (κ3) is 7.41. The van der Waals surface area contributed by atoms with E-state index in [1.807, 2.05) is 62.4 Å². The molecule has 1 aromatic carbocycles. The molecule has 0 saturated carbocycles. The molecule has 7 heteroatoms. The fourth-order valence-corrected chi connectivity index (χ4v) is 2.96. The van der Waals surface area contributed by atoms with Crippen LogP contribution >= 0.6 is 0 Å². The first-order chi connectivity index (χ1) is 14.9. The quantitative estimate of drug-likeness (QED) is 0.366. The number of pyridine rings is 1. The van der Waals surface area contributed by atoms with E-state index >= 15 is 0 Å². The zero-order valence-electron chi connectivity index (χ0n) is 17.7. The molecule has 2 aromatic rings. The van der Waals surface area contributed by atoms with Crippen molar-refractivity contribution in [1.82, 2.24) is 10.3 Å². The number of nitriles is 2. The molecule has 0 aliphatic carbocycles. The van der Waals surface area contributed by atoms with Crippen molar-refractivity contribution in [1.29, 1.82) is 10.5 Å². The largest absolute Gasteiger partial charge is 0.370 e. The Morgan fingerprint density at radius 2 is 1.97 bits per heavy atom. The lowest BCUT2D eigenvalue weighted by molar-refractivity contribution is -0.118. The van der Waals surface area contributed by atoms with Crippen molar-refractivity contribution in [2.24, 2.45) is 16.6 Å². The number of nitrogens with zero attached hydrogens (tertiary/aromatic N) is 4. The number of carbonyl (C=O) groups excluding carboxylic acids is 1. The van der Waals surface area contributed by atoms with Gasteiger partial charge in [-0.2, -0.15) is 10.5 Å². The van der Waals surface area contributed by atoms with Gasteiger partial charge in [-0.3, -0.25) is 9.78 Å². The Bertz CT molecular complexity index is 1010. The minimum atomic E-state index is -0.979. The van der Waals surface area contributed by atoms with E-state index in [-0.39, 0.29) is 11.9 Å². The summed E-state index contributed by atoms with van der Waals surface area (Å²) in [6, 6.07) is 15.4. The normalized spacial score (nSPS) is 11.8. The molecule has 31 heavy (non-hydrogen) atoms. The number of amides is 1. The number of rotatable bonds is 9. The summed E-state index contributed by atoms with van der Waals surface area (Å²) in [6.45, 7) is 3.85. The van der Waals surface area contributed by atoms with E-state index in [1.165, 1.54) is 0 Å². The first-order valence-corrected chi connectivity index (χ1v) is 10.1. The Hall–Kier alpha value is -3.97. The van der Waals surface area contributed by atoms with Gasteiger partial charge in [0.1, 0.15) is 5.84 Å². The molecule has 0 fully saturated rings. The highest BCUT2D eigenvalue weighted by atomic mass is 16.1. The Kier molecular flexibility index (Phi) is 8.94. The van der Waals surface area contributed by atoms with Crippen LogP contribution < -0.4 is 11.1 Å². The third-order valence-corrected chi connectivity index (χ3v) is 4.32. The molecule has 0 spiro atoms. The summed E-state index contributed by atoms with van der Waals surface area (Å²) in [4.78, 5) is 19.8. The van der Waals surface area contributed by atoms with Gasteiger partial charge in [-0.05, 0) is 56.0 Å². The van der Waals surface area contributed by atoms with Gasteiger partial charge in [0.15, 0.2) is 5.92 Å². The van der Waals surface area contributed by atoms with Crippen molar-refractivity contribution in [2.45, 2.75) is 39.2 Å². The molecule has 0 radical (unpaired) electrons. The van der Waals surface area contributed by atoms with E-state index in [9.17, 15) is 15.3 Å². The molecule has 3 N–H and O–H groups in total. The van der Waals surface area contributed by atoms with Crippen LogP contribution in [0.3, 0.4) is 0 Å². The highest BCUT2D eigenvalue weighted by Crippen LogP contribution is 2.27. The van der Waals surface area contributed by atoms with Gasteiger partial charge >= 0.3 is 0 Å². The molecule has 7 nitrogen and oxygen atoms in total. The van der Waals surface area contributed by atoms with E-state index in [0.717, 1.165) is 16.7 Å². The van der Waals surface area contributed by atoms with Gasteiger partial charge in [0.25, 0.3) is 0 Å². The van der Waals surface area contributed by atoms with E-state index in [4.69, 9.17) is 5.73 Å². The van der Waals surface area contributed by atoms with Crippen LogP contribution in [0.1, 0.15) is 44.2 Å². The topological polar surface area (TPSA) is 128 Å². The van der Waals surface area contributed by atoms with Gasteiger partial charge in [0.05, 0.1) is 17.8 Å². The zero-order valence-corrected chi connectivity index (χ0v) is 17.7. The number of allylic oxidation sites excluding steroid dienone is 1. The number of nitrogens with one attached hydrogen (secondary N) is 1. The van der Waals surface area contributed by atoms with Crippen LogP contribution in [0, 0.1) is 28.6 Å². The molecule has 0 aliphatic rings. The van der Waals surface area contributed by atoms with E-state index < -0.39 is 5.92 Å². The molecule has 158 valence electrons. The summed E-state index contributed by atoms with van der Waals surface area (Å²) < 4.78 is 0. The summed E-state index contributed by atoms with van der Waals surface area (Å²) >= 11 is 0. The Morgan fingerprint density at radius 3 is 2.58 bits per heavy atom. The van der Waals surface area contributed by atoms with Crippen molar-refractivity contribution in [3.63, 3.8) is 0 Å². The maximum atomic E-state index is 11.0. The van der Waals surface area contributed by atoms with Crippen LogP contribution in [0.2, 0.25) is 0 Å². The van der Waals surface area contributed by atoms with Gasteiger partial charge in [-0.25, -0.2) is 4.99 Å². The lowest BCUT2D eigenvalue weighted by atomic mass is 9.97. The first-order valence-electron chi connectivity index (χ1n) is 10.1. The minimum absolute atomic E-state index is 0.0299. The van der Waals surface area contributed by atoms with Gasteiger partial charge in [0, 0.05) is 30.4 Å². The highest BCUT2D eigenvalue weighted by Gasteiger charge is 2.16. The lowest BCUT2D eigenvalue weighted by Crippen LogP contribution is -2.34. The van der Waals surface area contributed by atoms with Crippen molar-refractivity contribution < 1.29 is 4.79 Å². The number of unbranched alkanes of at least 4 members (excludes halogenated alkanes) is 1. The Morgan fingerprint density at radius 1 is 1.23 bits per heavy atom. The van der Waals surface area contributed by atoms with Crippen molar-refractivity contribution in [3.05, 3.63) is 66.0 Å². The smallest absolute Gasteiger partial charge is 0.217 e. The summed E-state index contributed by atoms with van der Waals surface area (Å²) in [7, 11) is 0. The number of primary amides is 1. The second kappa shape index (κ2) is 11.9. The average molecular weight is 415 g/mol. The maximum Gasteiger partial charge on any atom is 0.217 e. The number of carbonyl (C=O) groups is 1. The number of hydrogen-bond donors (Lipinski definition) is 2. The van der Waals surface area contributed by atoms with Crippen molar-refractivity contribution in [2.75, 3.05) is 0 Å². The molecule has 2 rings (SSSR count). The molecule has 0 unspecified atom stereocenters. The predicted molar refractivity (Wildman–Crippen MR) is 121 cm³/mol. The van der Waals surface area contributed by atoms with Crippen LogP contribution in [0.4, 0.5) is 5.69 Å². The number of aliphatic imine (C=N–C) groups is 1. The SMILES string of the molecule is CC(C)NC(=Nc1cccc(/C(=C\CCCC(N)=O)c2cccnc2)c1)C(C#N)C#N. The van der Waals surface area contributed by atoms with E-state index in [0.29, 0.717) is 30.8 Å². The summed E-state index contributed by atoms with van der Waals surface area (Å²) in [5, 5.41) is 21.7. The molecular weight excluding hydrogens is 388 g/mol. The summed E-state index contributed by atoms with van der Waals surface area (Å²) in [6.07, 6.45) is 7.22. The van der Waals surface area contributed by atoms with Crippen molar-refractivity contribution >= 4 is 23.0 Å².